The van der Waals surface area contributed by atoms with E-state index in [1.165, 1.54) is 12.3 Å². The summed E-state index contributed by atoms with van der Waals surface area (Å²) in [6.07, 6.45) is 1.48. The number of hydrogen-bond donors (Lipinski definition) is 3. The predicted octanol–water partition coefficient (Wildman–Crippen LogP) is 2.57. The first-order valence-electron chi connectivity index (χ1n) is 9.05. The number of furan rings is 1. The van der Waals surface area contributed by atoms with Gasteiger partial charge in [-0.1, -0.05) is 0 Å². The zero-order valence-electron chi connectivity index (χ0n) is 16.1. The van der Waals surface area contributed by atoms with E-state index in [4.69, 9.17) is 13.9 Å². The first-order valence-corrected chi connectivity index (χ1v) is 9.05. The van der Waals surface area contributed by atoms with Crippen LogP contribution in [0.25, 0.3) is 0 Å². The minimum absolute atomic E-state index is 0.0161. The zero-order valence-corrected chi connectivity index (χ0v) is 16.1. The number of nitrogens with one attached hydrogen (secondary N) is 2. The second kappa shape index (κ2) is 8.99. The van der Waals surface area contributed by atoms with Crippen LogP contribution >= 0.6 is 0 Å². The van der Waals surface area contributed by atoms with Gasteiger partial charge in [0.2, 0.25) is 6.79 Å². The van der Waals surface area contributed by atoms with E-state index in [1.807, 2.05) is 6.92 Å². The lowest BCUT2D eigenvalue weighted by Gasteiger charge is -2.22. The molecule has 10 heteroatoms. The van der Waals surface area contributed by atoms with Gasteiger partial charge in [0, 0.05) is 18.2 Å². The number of fused-ring (bicyclic) bond motifs is 1. The van der Waals surface area contributed by atoms with Gasteiger partial charge in [-0.05, 0) is 32.0 Å². The van der Waals surface area contributed by atoms with E-state index in [0.717, 1.165) is 0 Å². The SMILES string of the molecule is CCNC(=NCc1cc2c(cc1OC(F)F)OCO2)NCC(C)(O)c1ccco1. The molecule has 1 aromatic heterocycles. The Hall–Kier alpha value is -3.01. The van der Waals surface area contributed by atoms with Crippen molar-refractivity contribution in [3.63, 3.8) is 0 Å². The van der Waals surface area contributed by atoms with Gasteiger partial charge in [-0.2, -0.15) is 8.78 Å². The molecule has 0 saturated carbocycles. The van der Waals surface area contributed by atoms with Crippen molar-refractivity contribution in [2.24, 2.45) is 4.99 Å². The van der Waals surface area contributed by atoms with Crippen LogP contribution in [0.2, 0.25) is 0 Å². The molecule has 0 radical (unpaired) electrons. The molecule has 1 aliphatic rings. The third-order valence-corrected chi connectivity index (χ3v) is 4.18. The van der Waals surface area contributed by atoms with Crippen molar-refractivity contribution in [2.75, 3.05) is 19.9 Å². The molecule has 0 saturated heterocycles. The molecule has 2 heterocycles. The maximum absolute atomic E-state index is 12.8. The first kappa shape index (κ1) is 20.7. The molecule has 0 bridgehead atoms. The van der Waals surface area contributed by atoms with Crippen LogP contribution in [0, 0.1) is 0 Å². The Labute approximate surface area is 166 Å². The van der Waals surface area contributed by atoms with Gasteiger partial charge >= 0.3 is 6.61 Å². The molecule has 0 aliphatic carbocycles. The Kier molecular flexibility index (Phi) is 6.42. The molecule has 1 unspecified atom stereocenters. The van der Waals surface area contributed by atoms with E-state index in [-0.39, 0.29) is 25.6 Å². The summed E-state index contributed by atoms with van der Waals surface area (Å²) in [6, 6.07) is 6.28. The molecule has 8 nitrogen and oxygen atoms in total. The van der Waals surface area contributed by atoms with Crippen molar-refractivity contribution in [1.82, 2.24) is 10.6 Å². The lowest BCUT2D eigenvalue weighted by Crippen LogP contribution is -2.44. The fourth-order valence-corrected chi connectivity index (χ4v) is 2.73. The van der Waals surface area contributed by atoms with Crippen LogP contribution in [0.15, 0.2) is 39.9 Å². The molecule has 3 rings (SSSR count). The average molecular weight is 411 g/mol. The summed E-state index contributed by atoms with van der Waals surface area (Å²) < 4.78 is 45.9. The van der Waals surface area contributed by atoms with Crippen molar-refractivity contribution in [2.45, 2.75) is 32.6 Å². The van der Waals surface area contributed by atoms with Crippen molar-refractivity contribution < 1.29 is 32.5 Å². The Bertz CT molecular complexity index is 841. The topological polar surface area (TPSA) is 97.5 Å². The van der Waals surface area contributed by atoms with Crippen LogP contribution in [-0.2, 0) is 12.1 Å². The molecule has 0 fully saturated rings. The molecule has 158 valence electrons. The molecule has 0 spiro atoms. The van der Waals surface area contributed by atoms with Gasteiger partial charge in [-0.15, -0.1) is 0 Å². The standard InChI is InChI=1S/C19H23F2N3O5/c1-3-22-18(24-10-19(2,25)16-5-4-6-26-16)23-9-12-7-14-15(28-11-27-14)8-13(12)29-17(20)21/h4-8,17,25H,3,9-11H2,1-2H3,(H2,22,23,24). The monoisotopic (exact) mass is 411 g/mol. The van der Waals surface area contributed by atoms with Gasteiger partial charge < -0.3 is 34.4 Å². The average Bonchev–Trinajstić information content (AvgIpc) is 3.35. The van der Waals surface area contributed by atoms with Crippen LogP contribution in [0.5, 0.6) is 17.2 Å². The van der Waals surface area contributed by atoms with Crippen LogP contribution < -0.4 is 24.8 Å². The highest BCUT2D eigenvalue weighted by Gasteiger charge is 2.26. The van der Waals surface area contributed by atoms with E-state index in [1.54, 1.807) is 25.1 Å². The lowest BCUT2D eigenvalue weighted by molar-refractivity contribution is -0.0505. The van der Waals surface area contributed by atoms with Crippen LogP contribution in [0.3, 0.4) is 0 Å². The lowest BCUT2D eigenvalue weighted by atomic mass is 10.0. The Balaban J connectivity index is 1.74. The smallest absolute Gasteiger partial charge is 0.387 e. The Morgan fingerprint density at radius 3 is 2.72 bits per heavy atom. The molecule has 3 N–H and O–H groups in total. The summed E-state index contributed by atoms with van der Waals surface area (Å²) in [5.74, 6) is 1.54. The van der Waals surface area contributed by atoms with E-state index in [0.29, 0.717) is 35.3 Å². The summed E-state index contributed by atoms with van der Waals surface area (Å²) in [4.78, 5) is 4.39. The Morgan fingerprint density at radius 2 is 2.07 bits per heavy atom. The van der Waals surface area contributed by atoms with E-state index < -0.39 is 12.2 Å². The number of hydrogen-bond acceptors (Lipinski definition) is 6. The molecular weight excluding hydrogens is 388 g/mol. The number of nitrogens with zero attached hydrogens (tertiary/aromatic N) is 1. The number of alkyl halides is 2. The predicted molar refractivity (Wildman–Crippen MR) is 100 cm³/mol. The van der Waals surface area contributed by atoms with Crippen molar-refractivity contribution in [1.29, 1.82) is 0 Å². The Morgan fingerprint density at radius 1 is 1.31 bits per heavy atom. The van der Waals surface area contributed by atoms with Gasteiger partial charge in [-0.25, -0.2) is 4.99 Å². The number of aliphatic imine (C=N–C) groups is 1. The number of benzene rings is 1. The zero-order chi connectivity index (χ0) is 20.9. The van der Waals surface area contributed by atoms with E-state index in [2.05, 4.69) is 20.4 Å². The van der Waals surface area contributed by atoms with Crippen molar-refractivity contribution in [3.8, 4) is 17.2 Å². The highest BCUT2D eigenvalue weighted by Crippen LogP contribution is 2.39. The number of ether oxygens (including phenoxy) is 3. The largest absolute Gasteiger partial charge is 0.466 e. The maximum Gasteiger partial charge on any atom is 0.387 e. The molecule has 0 amide bonds. The highest BCUT2D eigenvalue weighted by atomic mass is 19.3. The summed E-state index contributed by atoms with van der Waals surface area (Å²) >= 11 is 0. The molecule has 1 aromatic carbocycles. The van der Waals surface area contributed by atoms with Crippen molar-refractivity contribution in [3.05, 3.63) is 41.9 Å². The fraction of sp³-hybridized carbons (Fsp3) is 0.421. The number of halogens is 2. The summed E-state index contributed by atoms with van der Waals surface area (Å²) in [5.41, 5.74) is -0.855. The van der Waals surface area contributed by atoms with Crippen molar-refractivity contribution >= 4 is 5.96 Å². The fourth-order valence-electron chi connectivity index (χ4n) is 2.73. The van der Waals surface area contributed by atoms with Gasteiger partial charge in [0.15, 0.2) is 17.5 Å². The molecule has 1 aliphatic heterocycles. The molecular formula is C19H23F2N3O5. The number of guanidine groups is 1. The quantitative estimate of drug-likeness (QED) is 0.454. The first-order chi connectivity index (χ1) is 13.9. The van der Waals surface area contributed by atoms with Crippen LogP contribution in [0.1, 0.15) is 25.2 Å². The second-order valence-corrected chi connectivity index (χ2v) is 6.49. The van der Waals surface area contributed by atoms with Crippen LogP contribution in [0.4, 0.5) is 8.78 Å². The highest BCUT2D eigenvalue weighted by molar-refractivity contribution is 5.79. The summed E-state index contributed by atoms with van der Waals surface area (Å²) in [6.45, 7) is 1.25. The summed E-state index contributed by atoms with van der Waals surface area (Å²) in [5, 5.41) is 16.6. The number of rotatable bonds is 8. The van der Waals surface area contributed by atoms with Gasteiger partial charge in [0.1, 0.15) is 17.1 Å². The van der Waals surface area contributed by atoms with Gasteiger partial charge in [0.25, 0.3) is 0 Å². The molecule has 1 atom stereocenters. The minimum Gasteiger partial charge on any atom is -0.466 e. The van der Waals surface area contributed by atoms with Crippen LogP contribution in [-0.4, -0.2) is 37.6 Å². The van der Waals surface area contributed by atoms with E-state index >= 15 is 0 Å². The maximum atomic E-state index is 12.8. The van der Waals surface area contributed by atoms with Gasteiger partial charge in [0.05, 0.1) is 19.4 Å². The third-order valence-electron chi connectivity index (χ3n) is 4.18. The molecule has 29 heavy (non-hydrogen) atoms. The van der Waals surface area contributed by atoms with Gasteiger partial charge in [-0.3, -0.25) is 0 Å². The minimum atomic E-state index is -2.98. The third kappa shape index (κ3) is 5.29. The normalized spacial score (nSPS) is 15.3. The molecule has 2 aromatic rings. The van der Waals surface area contributed by atoms with E-state index in [9.17, 15) is 13.9 Å². The second-order valence-electron chi connectivity index (χ2n) is 6.49. The summed E-state index contributed by atoms with van der Waals surface area (Å²) in [7, 11) is 0. The number of aliphatic hydroxyl groups is 1.